The second-order valence-corrected chi connectivity index (χ2v) is 8.16. The second-order valence-electron chi connectivity index (χ2n) is 8.16. The van der Waals surface area contributed by atoms with E-state index in [1.807, 2.05) is 35.8 Å². The maximum atomic E-state index is 12.9. The largest absolute Gasteiger partial charge is 0.336 e. The average Bonchev–Trinajstić information content (AvgIpc) is 3.36. The highest BCUT2D eigenvalue weighted by atomic mass is 16.2. The van der Waals surface area contributed by atoms with Gasteiger partial charge >= 0.3 is 6.03 Å². The van der Waals surface area contributed by atoms with E-state index in [2.05, 4.69) is 27.8 Å². The molecule has 1 aromatic heterocycles. The van der Waals surface area contributed by atoms with Crippen LogP contribution in [0.5, 0.6) is 0 Å². The van der Waals surface area contributed by atoms with Crippen molar-refractivity contribution in [3.05, 3.63) is 47.3 Å². The van der Waals surface area contributed by atoms with Crippen LogP contribution in [0, 0.1) is 0 Å². The summed E-state index contributed by atoms with van der Waals surface area (Å²) in [5.74, 6) is -0.0911. The van der Waals surface area contributed by atoms with Gasteiger partial charge in [-0.25, -0.2) is 9.48 Å². The van der Waals surface area contributed by atoms with Crippen molar-refractivity contribution in [2.24, 2.45) is 0 Å². The first-order chi connectivity index (χ1) is 14.0. The van der Waals surface area contributed by atoms with Crippen molar-refractivity contribution in [3.8, 4) is 0 Å². The lowest BCUT2D eigenvalue weighted by atomic mass is 10.00. The topological polar surface area (TPSA) is 83.4 Å². The zero-order valence-electron chi connectivity index (χ0n) is 17.0. The Kier molecular flexibility index (Phi) is 5.51. The summed E-state index contributed by atoms with van der Waals surface area (Å²) in [6, 6.07) is 8.38. The third-order valence-electron chi connectivity index (χ3n) is 5.62. The number of carbonyl (C=O) groups is 2. The average molecular weight is 396 g/mol. The summed E-state index contributed by atoms with van der Waals surface area (Å²) in [6.45, 7) is 6.50. The quantitative estimate of drug-likeness (QED) is 0.857. The fourth-order valence-corrected chi connectivity index (χ4v) is 4.16. The number of aromatic nitrogens is 3. The fraction of sp³-hybridized carbons (Fsp3) is 0.524. The van der Waals surface area contributed by atoms with Crippen molar-refractivity contribution in [2.45, 2.75) is 58.3 Å². The number of benzene rings is 1. The Hall–Kier alpha value is -2.90. The van der Waals surface area contributed by atoms with Crippen LogP contribution in [-0.2, 0) is 19.5 Å². The minimum Gasteiger partial charge on any atom is -0.336 e. The molecule has 4 rings (SSSR count). The van der Waals surface area contributed by atoms with E-state index in [1.165, 1.54) is 11.1 Å². The van der Waals surface area contributed by atoms with Gasteiger partial charge in [0.15, 0.2) is 5.69 Å². The van der Waals surface area contributed by atoms with E-state index in [0.717, 1.165) is 25.8 Å². The molecule has 1 atom stereocenters. The van der Waals surface area contributed by atoms with E-state index in [0.29, 0.717) is 25.3 Å². The number of rotatable bonds is 4. The normalized spacial score (nSPS) is 18.8. The third kappa shape index (κ3) is 4.26. The van der Waals surface area contributed by atoms with Crippen LogP contribution in [0.4, 0.5) is 4.79 Å². The highest BCUT2D eigenvalue weighted by Gasteiger charge is 2.30. The molecule has 8 nitrogen and oxygen atoms in total. The van der Waals surface area contributed by atoms with Crippen molar-refractivity contribution >= 4 is 11.9 Å². The number of carbonyl (C=O) groups excluding carboxylic acids is 2. The van der Waals surface area contributed by atoms with Gasteiger partial charge in [0, 0.05) is 25.7 Å². The molecule has 0 saturated carbocycles. The predicted octanol–water partition coefficient (Wildman–Crippen LogP) is 2.06. The van der Waals surface area contributed by atoms with Gasteiger partial charge in [0.05, 0.1) is 18.8 Å². The van der Waals surface area contributed by atoms with Crippen molar-refractivity contribution in [1.82, 2.24) is 30.1 Å². The number of urea groups is 1. The van der Waals surface area contributed by atoms with Crippen molar-refractivity contribution in [2.75, 3.05) is 13.1 Å². The first-order valence-electron chi connectivity index (χ1n) is 10.3. The molecule has 8 heteroatoms. The molecule has 1 N–H and O–H groups in total. The van der Waals surface area contributed by atoms with Crippen molar-refractivity contribution in [1.29, 1.82) is 0 Å². The Balaban J connectivity index is 1.39. The SMILES string of the molecule is CC(C)NC(=O)N1CCC[C@H]1Cn1cc(C(=O)N2CCc3ccccc3C2)nn1. The van der Waals surface area contributed by atoms with Gasteiger partial charge in [-0.15, -0.1) is 5.10 Å². The second kappa shape index (κ2) is 8.23. The lowest BCUT2D eigenvalue weighted by Gasteiger charge is -2.28. The molecule has 2 aliphatic heterocycles. The van der Waals surface area contributed by atoms with Crippen LogP contribution in [0.15, 0.2) is 30.5 Å². The molecule has 1 saturated heterocycles. The molecule has 2 aromatic rings. The van der Waals surface area contributed by atoms with Gasteiger partial charge in [-0.1, -0.05) is 29.5 Å². The van der Waals surface area contributed by atoms with Crippen LogP contribution >= 0.6 is 0 Å². The first-order valence-corrected chi connectivity index (χ1v) is 10.3. The fourth-order valence-electron chi connectivity index (χ4n) is 4.16. The molecule has 1 aromatic carbocycles. The maximum Gasteiger partial charge on any atom is 0.317 e. The van der Waals surface area contributed by atoms with Gasteiger partial charge in [0.2, 0.25) is 0 Å². The zero-order chi connectivity index (χ0) is 20.4. The van der Waals surface area contributed by atoms with Crippen LogP contribution in [0.2, 0.25) is 0 Å². The lowest BCUT2D eigenvalue weighted by Crippen LogP contribution is -2.46. The Bertz CT molecular complexity index is 893. The van der Waals surface area contributed by atoms with Gasteiger partial charge in [0.25, 0.3) is 5.91 Å². The lowest BCUT2D eigenvalue weighted by molar-refractivity contribution is 0.0728. The molecule has 2 aliphatic rings. The molecule has 1 fully saturated rings. The first kappa shape index (κ1) is 19.4. The van der Waals surface area contributed by atoms with Crippen LogP contribution in [-0.4, -0.2) is 61.9 Å². The van der Waals surface area contributed by atoms with E-state index in [9.17, 15) is 9.59 Å². The monoisotopic (exact) mass is 396 g/mol. The predicted molar refractivity (Wildman–Crippen MR) is 108 cm³/mol. The number of hydrogen-bond acceptors (Lipinski definition) is 4. The van der Waals surface area contributed by atoms with Crippen LogP contribution in [0.1, 0.15) is 48.3 Å². The summed E-state index contributed by atoms with van der Waals surface area (Å²) >= 11 is 0. The summed E-state index contributed by atoms with van der Waals surface area (Å²) in [5.41, 5.74) is 2.86. The van der Waals surface area contributed by atoms with Gasteiger partial charge in [-0.05, 0) is 44.2 Å². The minimum absolute atomic E-state index is 0.0362. The summed E-state index contributed by atoms with van der Waals surface area (Å²) in [6.07, 6.45) is 4.47. The van der Waals surface area contributed by atoms with E-state index >= 15 is 0 Å². The summed E-state index contributed by atoms with van der Waals surface area (Å²) < 4.78 is 1.69. The van der Waals surface area contributed by atoms with E-state index in [4.69, 9.17) is 0 Å². The molecule has 0 aliphatic carbocycles. The Morgan fingerprint density at radius 1 is 1.21 bits per heavy atom. The standard InChI is InChI=1S/C21H28N6O2/c1-15(2)22-21(29)27-10-5-8-18(27)13-26-14-19(23-24-26)20(28)25-11-9-16-6-3-4-7-17(16)12-25/h3-4,6-7,14-15,18H,5,8-13H2,1-2H3,(H,22,29)/t18-/m0/s1. The van der Waals surface area contributed by atoms with Crippen LogP contribution in [0.3, 0.4) is 0 Å². The minimum atomic E-state index is -0.0911. The third-order valence-corrected chi connectivity index (χ3v) is 5.62. The Morgan fingerprint density at radius 2 is 2.00 bits per heavy atom. The molecule has 29 heavy (non-hydrogen) atoms. The summed E-state index contributed by atoms with van der Waals surface area (Å²) in [7, 11) is 0. The molecule has 0 unspecified atom stereocenters. The molecule has 3 heterocycles. The van der Waals surface area contributed by atoms with Gasteiger partial charge in [-0.2, -0.15) is 0 Å². The molecule has 0 bridgehead atoms. The van der Waals surface area contributed by atoms with Gasteiger partial charge in [0.1, 0.15) is 0 Å². The summed E-state index contributed by atoms with van der Waals surface area (Å²) in [5, 5.41) is 11.2. The highest BCUT2D eigenvalue weighted by molar-refractivity contribution is 5.92. The number of amides is 3. The summed E-state index contributed by atoms with van der Waals surface area (Å²) in [4.78, 5) is 29.0. The van der Waals surface area contributed by atoms with Crippen LogP contribution < -0.4 is 5.32 Å². The Morgan fingerprint density at radius 3 is 2.79 bits per heavy atom. The Labute approximate surface area is 170 Å². The molecular formula is C21H28N6O2. The van der Waals surface area contributed by atoms with E-state index in [1.54, 1.807) is 10.9 Å². The van der Waals surface area contributed by atoms with Crippen molar-refractivity contribution < 1.29 is 9.59 Å². The number of fused-ring (bicyclic) bond motifs is 1. The van der Waals surface area contributed by atoms with Crippen LogP contribution in [0.25, 0.3) is 0 Å². The zero-order valence-corrected chi connectivity index (χ0v) is 17.0. The molecule has 154 valence electrons. The van der Waals surface area contributed by atoms with Gasteiger partial charge in [-0.3, -0.25) is 4.79 Å². The number of nitrogens with one attached hydrogen (secondary N) is 1. The van der Waals surface area contributed by atoms with Gasteiger partial charge < -0.3 is 15.1 Å². The maximum absolute atomic E-state index is 12.9. The number of likely N-dealkylation sites (tertiary alicyclic amines) is 1. The number of hydrogen-bond donors (Lipinski definition) is 1. The smallest absolute Gasteiger partial charge is 0.317 e. The number of nitrogens with zero attached hydrogens (tertiary/aromatic N) is 5. The molecule has 0 radical (unpaired) electrons. The van der Waals surface area contributed by atoms with E-state index in [-0.39, 0.29) is 24.0 Å². The molecular weight excluding hydrogens is 368 g/mol. The van der Waals surface area contributed by atoms with E-state index < -0.39 is 0 Å². The van der Waals surface area contributed by atoms with Crippen molar-refractivity contribution in [3.63, 3.8) is 0 Å². The molecule has 0 spiro atoms. The highest BCUT2D eigenvalue weighted by Crippen LogP contribution is 2.21. The molecule has 3 amide bonds.